The molecule has 0 spiro atoms. The van der Waals surface area contributed by atoms with Crippen LogP contribution < -0.4 is 0 Å². The smallest absolute Gasteiger partial charge is 0.273 e. The van der Waals surface area contributed by atoms with Crippen LogP contribution in [0.4, 0.5) is 0 Å². The first-order valence-corrected chi connectivity index (χ1v) is 5.24. The van der Waals surface area contributed by atoms with Crippen molar-refractivity contribution in [3.05, 3.63) is 0 Å². The molecule has 0 atom stereocenters. The van der Waals surface area contributed by atoms with E-state index in [9.17, 15) is 8.42 Å². The van der Waals surface area contributed by atoms with E-state index in [0.29, 0.717) is 6.42 Å². The standard InChI is InChI=1S/C5H12ClNO3S/c1-2-3-4-7(5-6)11(8,9)10/h2-5H2,1H3,(H,8,9,10). The van der Waals surface area contributed by atoms with Crippen molar-refractivity contribution >= 4 is 21.9 Å². The lowest BCUT2D eigenvalue weighted by Crippen LogP contribution is -2.30. The quantitative estimate of drug-likeness (QED) is 0.412. The highest BCUT2D eigenvalue weighted by molar-refractivity contribution is 7.83. The average Bonchev–Trinajstić information content (AvgIpc) is 1.87. The Morgan fingerprint density at radius 2 is 2.09 bits per heavy atom. The fraction of sp³-hybridized carbons (Fsp3) is 1.00. The summed E-state index contributed by atoms with van der Waals surface area (Å²) in [6, 6.07) is -0.196. The van der Waals surface area contributed by atoms with Gasteiger partial charge in [0.1, 0.15) is 0 Å². The van der Waals surface area contributed by atoms with E-state index in [1.807, 2.05) is 6.92 Å². The zero-order valence-corrected chi connectivity index (χ0v) is 7.90. The minimum absolute atomic E-state index is 0.196. The number of alkyl halides is 1. The van der Waals surface area contributed by atoms with Gasteiger partial charge in [-0.25, -0.2) is 0 Å². The SMILES string of the molecule is CCCCN(CCl)S(=O)(=O)O. The molecule has 0 rings (SSSR count). The van der Waals surface area contributed by atoms with Gasteiger partial charge >= 0.3 is 10.3 Å². The van der Waals surface area contributed by atoms with Gasteiger partial charge in [-0.1, -0.05) is 13.3 Å². The first-order chi connectivity index (χ1) is 5.02. The summed E-state index contributed by atoms with van der Waals surface area (Å²) in [4.78, 5) is 0. The molecule has 68 valence electrons. The summed E-state index contributed by atoms with van der Waals surface area (Å²) in [6.45, 7) is 2.20. The molecule has 6 heteroatoms. The van der Waals surface area contributed by atoms with Crippen LogP contribution >= 0.6 is 11.6 Å². The second-order valence-electron chi connectivity index (χ2n) is 2.13. The van der Waals surface area contributed by atoms with Crippen LogP contribution in [0.2, 0.25) is 0 Å². The lowest BCUT2D eigenvalue weighted by atomic mass is 10.3. The third kappa shape index (κ3) is 4.58. The van der Waals surface area contributed by atoms with Gasteiger partial charge in [-0.05, 0) is 6.42 Å². The summed E-state index contributed by atoms with van der Waals surface area (Å²) in [5.74, 6) is 0. The van der Waals surface area contributed by atoms with Crippen LogP contribution in [0, 0.1) is 0 Å². The first-order valence-electron chi connectivity index (χ1n) is 3.31. The molecule has 0 radical (unpaired) electrons. The van der Waals surface area contributed by atoms with Gasteiger partial charge < -0.3 is 0 Å². The molecule has 0 fully saturated rings. The predicted octanol–water partition coefficient (Wildman–Crippen LogP) is 1.09. The Hall–Kier alpha value is 0.160. The maximum absolute atomic E-state index is 10.5. The molecular weight excluding hydrogens is 190 g/mol. The molecular formula is C5H12ClNO3S. The molecule has 0 aromatic rings. The lowest BCUT2D eigenvalue weighted by molar-refractivity contribution is 0.374. The van der Waals surface area contributed by atoms with Crippen molar-refractivity contribution in [1.82, 2.24) is 4.31 Å². The van der Waals surface area contributed by atoms with E-state index >= 15 is 0 Å². The van der Waals surface area contributed by atoms with Crippen LogP contribution in [0.25, 0.3) is 0 Å². The van der Waals surface area contributed by atoms with Gasteiger partial charge in [0.25, 0.3) is 0 Å². The third-order valence-electron chi connectivity index (χ3n) is 1.22. The minimum Gasteiger partial charge on any atom is -0.273 e. The molecule has 0 unspecified atom stereocenters. The zero-order valence-electron chi connectivity index (χ0n) is 6.33. The molecule has 0 aliphatic rings. The van der Waals surface area contributed by atoms with E-state index in [4.69, 9.17) is 16.2 Å². The molecule has 0 saturated heterocycles. The van der Waals surface area contributed by atoms with Crippen LogP contribution in [0.3, 0.4) is 0 Å². The second kappa shape index (κ2) is 4.92. The summed E-state index contributed by atoms with van der Waals surface area (Å²) in [7, 11) is -4.09. The average molecular weight is 202 g/mol. The fourth-order valence-corrected chi connectivity index (χ4v) is 1.54. The third-order valence-corrected chi connectivity index (χ3v) is 2.62. The van der Waals surface area contributed by atoms with Gasteiger partial charge in [0.15, 0.2) is 0 Å². The first kappa shape index (κ1) is 11.2. The number of rotatable bonds is 5. The van der Waals surface area contributed by atoms with E-state index < -0.39 is 10.3 Å². The van der Waals surface area contributed by atoms with E-state index in [2.05, 4.69) is 0 Å². The number of unbranched alkanes of at least 4 members (excludes halogenated alkanes) is 1. The second-order valence-corrected chi connectivity index (χ2v) is 3.78. The van der Waals surface area contributed by atoms with Crippen LogP contribution in [0.15, 0.2) is 0 Å². The number of hydrogen-bond donors (Lipinski definition) is 1. The summed E-state index contributed by atoms with van der Waals surface area (Å²) >= 11 is 5.27. The predicted molar refractivity (Wildman–Crippen MR) is 43.9 cm³/mol. The fourth-order valence-electron chi connectivity index (χ4n) is 0.571. The number of hydrogen-bond acceptors (Lipinski definition) is 2. The molecule has 0 aliphatic heterocycles. The van der Waals surface area contributed by atoms with Crippen molar-refractivity contribution in [3.8, 4) is 0 Å². The zero-order chi connectivity index (χ0) is 8.91. The Balaban J connectivity index is 3.97. The normalized spacial score (nSPS) is 12.4. The molecule has 4 nitrogen and oxygen atoms in total. The van der Waals surface area contributed by atoms with Crippen LogP contribution in [0.1, 0.15) is 19.8 Å². The Morgan fingerprint density at radius 3 is 2.36 bits per heavy atom. The highest BCUT2D eigenvalue weighted by Gasteiger charge is 2.15. The Kier molecular flexibility index (Phi) is 4.99. The summed E-state index contributed by atoms with van der Waals surface area (Å²) in [6.07, 6.45) is 1.56. The summed E-state index contributed by atoms with van der Waals surface area (Å²) in [5.41, 5.74) is 0. The maximum Gasteiger partial charge on any atom is 0.337 e. The number of halogens is 1. The Labute approximate surface area is 72.0 Å². The van der Waals surface area contributed by atoms with Crippen LogP contribution in [0.5, 0.6) is 0 Å². The van der Waals surface area contributed by atoms with Crippen molar-refractivity contribution in [2.75, 3.05) is 12.5 Å². The van der Waals surface area contributed by atoms with Gasteiger partial charge in [0, 0.05) is 6.54 Å². The maximum atomic E-state index is 10.5. The lowest BCUT2D eigenvalue weighted by Gasteiger charge is -2.13. The van der Waals surface area contributed by atoms with E-state index in [1.54, 1.807) is 0 Å². The molecule has 0 aromatic carbocycles. The Morgan fingerprint density at radius 1 is 1.55 bits per heavy atom. The molecule has 11 heavy (non-hydrogen) atoms. The molecule has 0 aliphatic carbocycles. The van der Waals surface area contributed by atoms with Crippen molar-refractivity contribution in [2.24, 2.45) is 0 Å². The van der Waals surface area contributed by atoms with E-state index in [0.717, 1.165) is 10.7 Å². The molecule has 1 N–H and O–H groups in total. The largest absolute Gasteiger partial charge is 0.337 e. The monoisotopic (exact) mass is 201 g/mol. The van der Waals surface area contributed by atoms with Gasteiger partial charge in [0.05, 0.1) is 6.00 Å². The van der Waals surface area contributed by atoms with Gasteiger partial charge in [-0.15, -0.1) is 11.6 Å². The van der Waals surface area contributed by atoms with Gasteiger partial charge in [0.2, 0.25) is 0 Å². The molecule has 0 bridgehead atoms. The highest BCUT2D eigenvalue weighted by Crippen LogP contribution is 2.01. The summed E-state index contributed by atoms with van der Waals surface area (Å²) in [5, 5.41) is 0. The number of nitrogens with zero attached hydrogens (tertiary/aromatic N) is 1. The molecule has 0 amide bonds. The molecule has 0 heterocycles. The highest BCUT2D eigenvalue weighted by atomic mass is 35.5. The summed E-state index contributed by atoms with van der Waals surface area (Å²) < 4.78 is 30.3. The molecule has 0 saturated carbocycles. The van der Waals surface area contributed by atoms with E-state index in [-0.39, 0.29) is 12.5 Å². The van der Waals surface area contributed by atoms with Gasteiger partial charge in [-0.2, -0.15) is 12.7 Å². The van der Waals surface area contributed by atoms with Gasteiger partial charge in [-0.3, -0.25) is 4.55 Å². The van der Waals surface area contributed by atoms with Crippen LogP contribution in [-0.2, 0) is 10.3 Å². The van der Waals surface area contributed by atoms with Crippen molar-refractivity contribution in [1.29, 1.82) is 0 Å². The minimum atomic E-state index is -4.09. The van der Waals surface area contributed by atoms with Crippen molar-refractivity contribution in [2.45, 2.75) is 19.8 Å². The Bertz CT molecular complexity index is 192. The molecule has 0 aromatic heterocycles. The van der Waals surface area contributed by atoms with E-state index in [1.165, 1.54) is 0 Å². The van der Waals surface area contributed by atoms with Crippen LogP contribution in [-0.4, -0.2) is 29.8 Å². The van der Waals surface area contributed by atoms with Crippen molar-refractivity contribution in [3.63, 3.8) is 0 Å². The van der Waals surface area contributed by atoms with Crippen molar-refractivity contribution < 1.29 is 13.0 Å². The topological polar surface area (TPSA) is 57.6 Å².